The monoisotopic (exact) mass is 315 g/mol. The topological polar surface area (TPSA) is 74.4 Å². The number of para-hydroxylation sites is 1. The molecule has 1 saturated heterocycles. The summed E-state index contributed by atoms with van der Waals surface area (Å²) >= 11 is 0. The molecule has 6 nitrogen and oxygen atoms in total. The third-order valence-corrected chi connectivity index (χ3v) is 4.15. The van der Waals surface area contributed by atoms with Crippen LogP contribution in [0.4, 0.5) is 0 Å². The summed E-state index contributed by atoms with van der Waals surface area (Å²) in [6.45, 7) is 0.410. The second-order valence-corrected chi connectivity index (χ2v) is 6.01. The van der Waals surface area contributed by atoms with E-state index in [9.17, 15) is 9.59 Å². The van der Waals surface area contributed by atoms with Gasteiger partial charge in [-0.25, -0.2) is 0 Å². The van der Waals surface area contributed by atoms with E-state index in [2.05, 4.69) is 10.3 Å². The van der Waals surface area contributed by atoms with E-state index in [1.54, 1.807) is 20.2 Å². The average Bonchev–Trinajstić information content (AvgIpc) is 3.20. The van der Waals surface area contributed by atoms with Gasteiger partial charge in [0.25, 0.3) is 11.8 Å². The number of carbonyl (C=O) groups excluding carboxylic acids is 2. The highest BCUT2D eigenvalue weighted by molar-refractivity contribution is 6.05. The number of ether oxygens (including phenoxy) is 1. The van der Waals surface area contributed by atoms with Gasteiger partial charge in [-0.3, -0.25) is 9.59 Å². The summed E-state index contributed by atoms with van der Waals surface area (Å²) in [6.07, 6.45) is 2.79. The van der Waals surface area contributed by atoms with Gasteiger partial charge in [0.15, 0.2) is 0 Å². The maximum atomic E-state index is 12.4. The molecule has 2 amide bonds. The van der Waals surface area contributed by atoms with E-state index in [0.29, 0.717) is 18.5 Å². The molecule has 2 N–H and O–H groups in total. The Morgan fingerprint density at radius 1 is 1.30 bits per heavy atom. The Balaban J connectivity index is 1.58. The quantitative estimate of drug-likeness (QED) is 0.898. The van der Waals surface area contributed by atoms with Crippen LogP contribution in [0.1, 0.15) is 23.2 Å². The minimum Gasteiger partial charge on any atom is -0.363 e. The molecular weight excluding hydrogens is 294 g/mol. The first-order chi connectivity index (χ1) is 11.1. The lowest BCUT2D eigenvalue weighted by Gasteiger charge is -2.17. The molecule has 1 aromatic heterocycles. The van der Waals surface area contributed by atoms with Gasteiger partial charge in [0, 0.05) is 32.2 Å². The Morgan fingerprint density at radius 2 is 2.13 bits per heavy atom. The van der Waals surface area contributed by atoms with Gasteiger partial charge < -0.3 is 19.9 Å². The van der Waals surface area contributed by atoms with Crippen LogP contribution in [-0.4, -0.2) is 54.5 Å². The van der Waals surface area contributed by atoms with E-state index in [0.717, 1.165) is 17.3 Å². The molecule has 122 valence electrons. The molecule has 0 aliphatic carbocycles. The maximum absolute atomic E-state index is 12.4. The predicted octanol–water partition coefficient (Wildman–Crippen LogP) is 1.53. The number of aromatic nitrogens is 1. The van der Waals surface area contributed by atoms with Gasteiger partial charge in [-0.1, -0.05) is 12.1 Å². The SMILES string of the molecule is CN(C)C(=O)[C@@H]1CC[C@H](CNC(=O)c2cccc3cc[nH]c23)O1. The lowest BCUT2D eigenvalue weighted by Crippen LogP contribution is -2.36. The largest absolute Gasteiger partial charge is 0.363 e. The van der Waals surface area contributed by atoms with Crippen LogP contribution in [0.5, 0.6) is 0 Å². The molecule has 0 unspecified atom stereocenters. The Kier molecular flexibility index (Phi) is 4.34. The van der Waals surface area contributed by atoms with Crippen LogP contribution < -0.4 is 5.32 Å². The van der Waals surface area contributed by atoms with E-state index >= 15 is 0 Å². The molecule has 2 aromatic rings. The molecule has 2 heterocycles. The molecule has 0 saturated carbocycles. The van der Waals surface area contributed by atoms with Gasteiger partial charge in [-0.15, -0.1) is 0 Å². The van der Waals surface area contributed by atoms with Crippen molar-refractivity contribution in [2.24, 2.45) is 0 Å². The van der Waals surface area contributed by atoms with Crippen molar-refractivity contribution in [1.29, 1.82) is 0 Å². The lowest BCUT2D eigenvalue weighted by atomic mass is 10.1. The summed E-state index contributed by atoms with van der Waals surface area (Å²) in [7, 11) is 3.44. The van der Waals surface area contributed by atoms with Crippen LogP contribution in [0.2, 0.25) is 0 Å². The first-order valence-corrected chi connectivity index (χ1v) is 7.77. The zero-order valence-corrected chi connectivity index (χ0v) is 13.3. The zero-order chi connectivity index (χ0) is 16.4. The van der Waals surface area contributed by atoms with Crippen molar-refractivity contribution in [2.75, 3.05) is 20.6 Å². The van der Waals surface area contributed by atoms with E-state index in [1.165, 1.54) is 4.90 Å². The Bertz CT molecular complexity index is 723. The van der Waals surface area contributed by atoms with Crippen LogP contribution >= 0.6 is 0 Å². The number of amides is 2. The summed E-state index contributed by atoms with van der Waals surface area (Å²) in [6, 6.07) is 7.55. The van der Waals surface area contributed by atoms with Crippen molar-refractivity contribution >= 4 is 22.7 Å². The fourth-order valence-corrected chi connectivity index (χ4v) is 2.90. The van der Waals surface area contributed by atoms with Gasteiger partial charge in [-0.05, 0) is 25.0 Å². The van der Waals surface area contributed by atoms with Gasteiger partial charge in [0.2, 0.25) is 0 Å². The number of rotatable bonds is 4. The number of benzene rings is 1. The highest BCUT2D eigenvalue weighted by atomic mass is 16.5. The van der Waals surface area contributed by atoms with Crippen molar-refractivity contribution in [1.82, 2.24) is 15.2 Å². The van der Waals surface area contributed by atoms with E-state index in [-0.39, 0.29) is 17.9 Å². The van der Waals surface area contributed by atoms with Gasteiger partial charge in [-0.2, -0.15) is 0 Å². The Hall–Kier alpha value is -2.34. The number of aromatic amines is 1. The van der Waals surface area contributed by atoms with Gasteiger partial charge >= 0.3 is 0 Å². The molecule has 3 rings (SSSR count). The van der Waals surface area contributed by atoms with Crippen LogP contribution in [0.3, 0.4) is 0 Å². The van der Waals surface area contributed by atoms with Gasteiger partial charge in [0.1, 0.15) is 6.10 Å². The number of hydrogen-bond donors (Lipinski definition) is 2. The number of hydrogen-bond acceptors (Lipinski definition) is 3. The third kappa shape index (κ3) is 3.22. The second-order valence-electron chi connectivity index (χ2n) is 6.01. The molecule has 0 bridgehead atoms. The van der Waals surface area contributed by atoms with Crippen molar-refractivity contribution in [3.8, 4) is 0 Å². The Morgan fingerprint density at radius 3 is 2.91 bits per heavy atom. The van der Waals surface area contributed by atoms with Gasteiger partial charge in [0.05, 0.1) is 17.2 Å². The first-order valence-electron chi connectivity index (χ1n) is 7.77. The minimum atomic E-state index is -0.390. The molecule has 6 heteroatoms. The normalized spacial score (nSPS) is 20.6. The first kappa shape index (κ1) is 15.6. The summed E-state index contributed by atoms with van der Waals surface area (Å²) in [4.78, 5) is 28.9. The number of fused-ring (bicyclic) bond motifs is 1. The van der Waals surface area contributed by atoms with Crippen molar-refractivity contribution in [3.05, 3.63) is 36.0 Å². The molecular formula is C17H21N3O3. The highest BCUT2D eigenvalue weighted by Gasteiger charge is 2.31. The molecule has 23 heavy (non-hydrogen) atoms. The standard InChI is InChI=1S/C17H21N3O3/c1-20(2)17(22)14-7-6-12(23-14)10-19-16(21)13-5-3-4-11-8-9-18-15(11)13/h3-5,8-9,12,14,18H,6-7,10H2,1-2H3,(H,19,21)/t12-,14+/m1/s1. The maximum Gasteiger partial charge on any atom is 0.253 e. The Labute approximate surface area is 134 Å². The van der Waals surface area contributed by atoms with Crippen LogP contribution in [-0.2, 0) is 9.53 Å². The van der Waals surface area contributed by atoms with E-state index < -0.39 is 6.10 Å². The molecule has 0 radical (unpaired) electrons. The molecule has 1 fully saturated rings. The number of H-pyrrole nitrogens is 1. The summed E-state index contributed by atoms with van der Waals surface area (Å²) in [5.41, 5.74) is 1.45. The average molecular weight is 315 g/mol. The predicted molar refractivity (Wildman–Crippen MR) is 87.2 cm³/mol. The summed E-state index contributed by atoms with van der Waals surface area (Å²) in [5, 5.41) is 3.91. The van der Waals surface area contributed by atoms with Crippen molar-refractivity contribution in [2.45, 2.75) is 25.0 Å². The lowest BCUT2D eigenvalue weighted by molar-refractivity contribution is -0.140. The third-order valence-electron chi connectivity index (χ3n) is 4.15. The second kappa shape index (κ2) is 6.42. The van der Waals surface area contributed by atoms with E-state index in [1.807, 2.05) is 24.4 Å². The number of nitrogens with zero attached hydrogens (tertiary/aromatic N) is 1. The molecule has 1 aliphatic heterocycles. The minimum absolute atomic E-state index is 0.0185. The molecule has 2 atom stereocenters. The van der Waals surface area contributed by atoms with Crippen molar-refractivity contribution < 1.29 is 14.3 Å². The van der Waals surface area contributed by atoms with Crippen LogP contribution in [0, 0.1) is 0 Å². The fourth-order valence-electron chi connectivity index (χ4n) is 2.90. The van der Waals surface area contributed by atoms with Crippen LogP contribution in [0.25, 0.3) is 10.9 Å². The van der Waals surface area contributed by atoms with Crippen LogP contribution in [0.15, 0.2) is 30.5 Å². The smallest absolute Gasteiger partial charge is 0.253 e. The summed E-state index contributed by atoms with van der Waals surface area (Å²) < 4.78 is 5.73. The van der Waals surface area contributed by atoms with E-state index in [4.69, 9.17) is 4.74 Å². The highest BCUT2D eigenvalue weighted by Crippen LogP contribution is 2.21. The van der Waals surface area contributed by atoms with Crippen molar-refractivity contribution in [3.63, 3.8) is 0 Å². The number of likely N-dealkylation sites (N-methyl/N-ethyl adjacent to an activating group) is 1. The number of nitrogens with one attached hydrogen (secondary N) is 2. The molecule has 0 spiro atoms. The molecule has 1 aromatic carbocycles. The number of carbonyl (C=O) groups is 2. The summed E-state index contributed by atoms with van der Waals surface area (Å²) in [5.74, 6) is -0.154. The fraction of sp³-hybridized carbons (Fsp3) is 0.412. The zero-order valence-electron chi connectivity index (χ0n) is 13.3. The molecule has 1 aliphatic rings.